The van der Waals surface area contributed by atoms with Gasteiger partial charge in [0, 0.05) is 22.5 Å². The van der Waals surface area contributed by atoms with Crippen molar-refractivity contribution >= 4 is 39.8 Å². The van der Waals surface area contributed by atoms with E-state index >= 15 is 0 Å². The summed E-state index contributed by atoms with van der Waals surface area (Å²) in [5.41, 5.74) is 0.0793. The zero-order chi connectivity index (χ0) is 20.2. The van der Waals surface area contributed by atoms with Crippen LogP contribution in [0.25, 0.3) is 11.0 Å². The highest BCUT2D eigenvalue weighted by atomic mass is 35.5. The zero-order valence-corrected chi connectivity index (χ0v) is 17.6. The molecule has 0 radical (unpaired) electrons. The number of amides is 1. The van der Waals surface area contributed by atoms with E-state index < -0.39 is 0 Å². The van der Waals surface area contributed by atoms with Crippen molar-refractivity contribution in [3.05, 3.63) is 67.7 Å². The number of likely N-dealkylation sites (tertiary alicyclic amines) is 1. The van der Waals surface area contributed by atoms with Crippen molar-refractivity contribution in [1.82, 2.24) is 10.2 Å². The lowest BCUT2D eigenvalue weighted by molar-refractivity contribution is 0.0907. The largest absolute Gasteiger partial charge is 0.451 e. The number of rotatable bonds is 5. The van der Waals surface area contributed by atoms with Gasteiger partial charge in [0.1, 0.15) is 5.58 Å². The van der Waals surface area contributed by atoms with Crippen molar-refractivity contribution in [2.24, 2.45) is 0 Å². The first-order valence-corrected chi connectivity index (χ1v) is 11.2. The summed E-state index contributed by atoms with van der Waals surface area (Å²) in [6, 6.07) is 10.3. The Bertz CT molecular complexity index is 1040. The fourth-order valence-corrected chi connectivity index (χ4v) is 4.85. The van der Waals surface area contributed by atoms with Crippen LogP contribution in [0.2, 0.25) is 5.02 Å². The van der Waals surface area contributed by atoms with E-state index in [4.69, 9.17) is 16.0 Å². The smallest absolute Gasteiger partial charge is 0.287 e. The van der Waals surface area contributed by atoms with Gasteiger partial charge in [-0.2, -0.15) is 0 Å². The first-order chi connectivity index (χ1) is 14.1. The van der Waals surface area contributed by atoms with Gasteiger partial charge >= 0.3 is 0 Å². The molecule has 4 rings (SSSR count). The topological polar surface area (TPSA) is 62.6 Å². The molecular weight excluding hydrogens is 408 g/mol. The Morgan fingerprint density at radius 2 is 1.97 bits per heavy atom. The van der Waals surface area contributed by atoms with Crippen LogP contribution in [-0.4, -0.2) is 30.4 Å². The second kappa shape index (κ2) is 9.11. The summed E-state index contributed by atoms with van der Waals surface area (Å²) >= 11 is 7.65. The molecule has 1 saturated heterocycles. The highest BCUT2D eigenvalue weighted by Gasteiger charge is 2.24. The molecule has 0 aliphatic carbocycles. The second-order valence-electron chi connectivity index (χ2n) is 7.31. The van der Waals surface area contributed by atoms with Gasteiger partial charge in [-0.3, -0.25) is 14.5 Å². The van der Waals surface area contributed by atoms with Crippen molar-refractivity contribution in [2.45, 2.75) is 31.7 Å². The van der Waals surface area contributed by atoms with E-state index in [1.807, 2.05) is 6.07 Å². The molecule has 3 aromatic rings. The minimum atomic E-state index is -0.379. The summed E-state index contributed by atoms with van der Waals surface area (Å²) in [4.78, 5) is 28.8. The summed E-state index contributed by atoms with van der Waals surface area (Å²) in [6.45, 7) is 2.54. The van der Waals surface area contributed by atoms with Crippen molar-refractivity contribution in [2.75, 3.05) is 19.6 Å². The Labute approximate surface area is 178 Å². The first-order valence-electron chi connectivity index (χ1n) is 9.91. The van der Waals surface area contributed by atoms with Crippen molar-refractivity contribution in [3.8, 4) is 0 Å². The Hall–Kier alpha value is -2.15. The van der Waals surface area contributed by atoms with Crippen molar-refractivity contribution in [3.63, 3.8) is 0 Å². The molecule has 2 aromatic heterocycles. The predicted octanol–water partition coefficient (Wildman–Crippen LogP) is 4.86. The molecule has 0 spiro atoms. The molecule has 1 atom stereocenters. The van der Waals surface area contributed by atoms with E-state index in [9.17, 15) is 9.59 Å². The fourth-order valence-electron chi connectivity index (χ4n) is 3.81. The van der Waals surface area contributed by atoms with Crippen LogP contribution < -0.4 is 10.7 Å². The highest BCUT2D eigenvalue weighted by molar-refractivity contribution is 7.10. The van der Waals surface area contributed by atoms with Crippen molar-refractivity contribution in [1.29, 1.82) is 0 Å². The van der Waals surface area contributed by atoms with E-state index in [1.54, 1.807) is 29.5 Å². The van der Waals surface area contributed by atoms with Gasteiger partial charge in [0.15, 0.2) is 11.2 Å². The average molecular weight is 431 g/mol. The summed E-state index contributed by atoms with van der Waals surface area (Å²) < 4.78 is 5.67. The third-order valence-electron chi connectivity index (χ3n) is 5.32. The molecule has 1 aliphatic heterocycles. The highest BCUT2D eigenvalue weighted by Crippen LogP contribution is 2.27. The molecule has 0 saturated carbocycles. The molecule has 1 fully saturated rings. The normalized spacial score (nSPS) is 16.4. The Morgan fingerprint density at radius 1 is 1.17 bits per heavy atom. The van der Waals surface area contributed by atoms with Gasteiger partial charge < -0.3 is 9.73 Å². The average Bonchev–Trinajstić information content (AvgIpc) is 3.11. The molecule has 7 heteroatoms. The number of fused-ring (bicyclic) bond motifs is 1. The molecule has 0 unspecified atom stereocenters. The third kappa shape index (κ3) is 4.71. The number of nitrogens with one attached hydrogen (secondary N) is 1. The summed E-state index contributed by atoms with van der Waals surface area (Å²) in [5, 5.41) is 5.87. The lowest BCUT2D eigenvalue weighted by Crippen LogP contribution is -2.38. The molecule has 3 heterocycles. The van der Waals surface area contributed by atoms with Crippen LogP contribution in [0.3, 0.4) is 0 Å². The maximum Gasteiger partial charge on any atom is 0.287 e. The molecule has 1 aromatic carbocycles. The standard InChI is InChI=1S/C22H23ClN2O3S/c23-15-7-8-19-16(12-15)18(26)13-20(28-19)22(27)24-14-17(21-6-5-11-29-21)25-9-3-1-2-4-10-25/h5-8,11-13,17H,1-4,9-10,14H2,(H,24,27)/t17-/m0/s1. The van der Waals surface area contributed by atoms with E-state index in [0.717, 1.165) is 13.1 Å². The number of thiophene rings is 1. The molecule has 152 valence electrons. The van der Waals surface area contributed by atoms with Gasteiger partial charge in [0.05, 0.1) is 11.4 Å². The van der Waals surface area contributed by atoms with Crippen molar-refractivity contribution < 1.29 is 9.21 Å². The lowest BCUT2D eigenvalue weighted by Gasteiger charge is -2.30. The van der Waals surface area contributed by atoms with Gasteiger partial charge in [0.2, 0.25) is 0 Å². The fraction of sp³-hybridized carbons (Fsp3) is 0.364. The summed E-state index contributed by atoms with van der Waals surface area (Å²) in [7, 11) is 0. The molecule has 1 amide bonds. The maximum atomic E-state index is 12.7. The minimum Gasteiger partial charge on any atom is -0.451 e. The quantitative estimate of drug-likeness (QED) is 0.628. The summed E-state index contributed by atoms with van der Waals surface area (Å²) in [6.07, 6.45) is 4.87. The van der Waals surface area contributed by atoms with E-state index in [-0.39, 0.29) is 23.1 Å². The molecule has 5 nitrogen and oxygen atoms in total. The number of halogens is 1. The van der Waals surface area contributed by atoms with Gasteiger partial charge in [-0.15, -0.1) is 11.3 Å². The van der Waals surface area contributed by atoms with E-state index in [2.05, 4.69) is 21.7 Å². The minimum absolute atomic E-state index is 0.0191. The monoisotopic (exact) mass is 430 g/mol. The second-order valence-corrected chi connectivity index (χ2v) is 8.72. The van der Waals surface area contributed by atoms with Crippen LogP contribution in [-0.2, 0) is 0 Å². The van der Waals surface area contributed by atoms with Crippen LogP contribution >= 0.6 is 22.9 Å². The zero-order valence-electron chi connectivity index (χ0n) is 16.0. The number of benzene rings is 1. The lowest BCUT2D eigenvalue weighted by atomic mass is 10.1. The van der Waals surface area contributed by atoms with Crippen LogP contribution in [0, 0.1) is 0 Å². The van der Waals surface area contributed by atoms with Gasteiger partial charge in [-0.25, -0.2) is 0 Å². The molecule has 1 aliphatic rings. The SMILES string of the molecule is O=C(NC[C@@H](c1cccs1)N1CCCCCC1)c1cc(=O)c2cc(Cl)ccc2o1. The number of nitrogens with zero attached hydrogens (tertiary/aromatic N) is 1. The van der Waals surface area contributed by atoms with Crippen LogP contribution in [0.5, 0.6) is 0 Å². The predicted molar refractivity (Wildman–Crippen MR) is 117 cm³/mol. The molecule has 0 bridgehead atoms. The van der Waals surface area contributed by atoms with Crippen LogP contribution in [0.4, 0.5) is 0 Å². The van der Waals surface area contributed by atoms with Crippen LogP contribution in [0.1, 0.15) is 47.2 Å². The van der Waals surface area contributed by atoms with E-state index in [0.29, 0.717) is 22.5 Å². The number of hydrogen-bond acceptors (Lipinski definition) is 5. The van der Waals surface area contributed by atoms with E-state index in [1.165, 1.54) is 36.6 Å². The third-order valence-corrected chi connectivity index (χ3v) is 6.53. The van der Waals surface area contributed by atoms with Gasteiger partial charge in [0.25, 0.3) is 5.91 Å². The number of carbonyl (C=O) groups is 1. The Balaban J connectivity index is 1.52. The maximum absolute atomic E-state index is 12.7. The molecule has 1 N–H and O–H groups in total. The number of carbonyl (C=O) groups excluding carboxylic acids is 1. The first kappa shape index (κ1) is 20.1. The van der Waals surface area contributed by atoms with Gasteiger partial charge in [-0.05, 0) is 55.6 Å². The van der Waals surface area contributed by atoms with Gasteiger partial charge in [-0.1, -0.05) is 30.5 Å². The molecular formula is C22H23ClN2O3S. The molecule has 29 heavy (non-hydrogen) atoms. The number of hydrogen-bond donors (Lipinski definition) is 1. The van der Waals surface area contributed by atoms with Crippen LogP contribution in [0.15, 0.2) is 51.0 Å². The Morgan fingerprint density at radius 3 is 2.69 bits per heavy atom. The summed E-state index contributed by atoms with van der Waals surface area (Å²) in [5.74, 6) is -0.360. The Kier molecular flexibility index (Phi) is 6.33.